The van der Waals surface area contributed by atoms with Crippen molar-refractivity contribution in [2.45, 2.75) is 18.9 Å². The van der Waals surface area contributed by atoms with Crippen molar-refractivity contribution in [2.24, 2.45) is 11.7 Å². The zero-order valence-electron chi connectivity index (χ0n) is 11.3. The van der Waals surface area contributed by atoms with Gasteiger partial charge in [-0.25, -0.2) is 0 Å². The number of carbonyl (C=O) groups is 1. The third-order valence-corrected chi connectivity index (χ3v) is 3.41. The highest BCUT2D eigenvalue weighted by Crippen LogP contribution is 2.32. The standard InChI is InChI=1S/C14H20N2O3/c1-18-10-5-6-11(13(7-10)19-2)14(17)16-12(8-15)9-3-4-9/h5-7,9,12H,3-4,8,15H2,1-2H3,(H,16,17). The Morgan fingerprint density at radius 2 is 2.16 bits per heavy atom. The lowest BCUT2D eigenvalue weighted by Crippen LogP contribution is -2.41. The number of nitrogens with one attached hydrogen (secondary N) is 1. The van der Waals surface area contributed by atoms with Gasteiger partial charge in [0.1, 0.15) is 11.5 Å². The molecule has 1 aliphatic carbocycles. The lowest BCUT2D eigenvalue weighted by molar-refractivity contribution is 0.0930. The molecule has 0 aromatic heterocycles. The van der Waals surface area contributed by atoms with Crippen molar-refractivity contribution in [3.05, 3.63) is 23.8 Å². The van der Waals surface area contributed by atoms with Crippen LogP contribution in [0.15, 0.2) is 18.2 Å². The number of amides is 1. The van der Waals surface area contributed by atoms with Gasteiger partial charge in [0.05, 0.1) is 19.8 Å². The van der Waals surface area contributed by atoms with Gasteiger partial charge in [0.2, 0.25) is 0 Å². The molecule has 0 spiro atoms. The molecule has 0 heterocycles. The van der Waals surface area contributed by atoms with Gasteiger partial charge in [-0.05, 0) is 30.9 Å². The van der Waals surface area contributed by atoms with Crippen LogP contribution < -0.4 is 20.5 Å². The van der Waals surface area contributed by atoms with Crippen molar-refractivity contribution in [2.75, 3.05) is 20.8 Å². The lowest BCUT2D eigenvalue weighted by Gasteiger charge is -2.17. The van der Waals surface area contributed by atoms with Gasteiger partial charge in [-0.3, -0.25) is 4.79 Å². The normalized spacial score (nSPS) is 15.7. The second-order valence-corrected chi connectivity index (χ2v) is 4.72. The molecule has 1 unspecified atom stereocenters. The molecule has 1 aromatic rings. The lowest BCUT2D eigenvalue weighted by atomic mass is 10.1. The predicted octanol–water partition coefficient (Wildman–Crippen LogP) is 1.17. The molecule has 0 saturated heterocycles. The number of hydrogen-bond donors (Lipinski definition) is 2. The smallest absolute Gasteiger partial charge is 0.255 e. The van der Waals surface area contributed by atoms with E-state index in [9.17, 15) is 4.79 Å². The van der Waals surface area contributed by atoms with Gasteiger partial charge in [0, 0.05) is 18.7 Å². The maximum atomic E-state index is 12.2. The van der Waals surface area contributed by atoms with E-state index in [1.807, 2.05) is 0 Å². The van der Waals surface area contributed by atoms with E-state index in [2.05, 4.69) is 5.32 Å². The van der Waals surface area contributed by atoms with E-state index < -0.39 is 0 Å². The number of ether oxygens (including phenoxy) is 2. The molecule has 2 rings (SSSR count). The van der Waals surface area contributed by atoms with Gasteiger partial charge in [-0.2, -0.15) is 0 Å². The first-order valence-corrected chi connectivity index (χ1v) is 6.42. The molecule has 0 aliphatic heterocycles. The minimum absolute atomic E-state index is 0.0549. The van der Waals surface area contributed by atoms with Crippen LogP contribution in [0.1, 0.15) is 23.2 Å². The van der Waals surface area contributed by atoms with E-state index in [4.69, 9.17) is 15.2 Å². The summed E-state index contributed by atoms with van der Waals surface area (Å²) in [7, 11) is 3.11. The molecule has 0 bridgehead atoms. The average Bonchev–Trinajstić information content (AvgIpc) is 3.28. The van der Waals surface area contributed by atoms with E-state index in [-0.39, 0.29) is 11.9 Å². The summed E-state index contributed by atoms with van der Waals surface area (Å²) in [5.74, 6) is 1.54. The molecule has 1 aromatic carbocycles. The first-order chi connectivity index (χ1) is 9.19. The fourth-order valence-corrected chi connectivity index (χ4v) is 2.10. The van der Waals surface area contributed by atoms with Crippen LogP contribution >= 0.6 is 0 Å². The molecule has 1 atom stereocenters. The van der Waals surface area contributed by atoms with Crippen LogP contribution in [0, 0.1) is 5.92 Å². The quantitative estimate of drug-likeness (QED) is 0.809. The Kier molecular flexibility index (Phi) is 4.27. The van der Waals surface area contributed by atoms with Crippen LogP contribution in [0.4, 0.5) is 0 Å². The van der Waals surface area contributed by atoms with Crippen molar-refractivity contribution in [3.8, 4) is 11.5 Å². The van der Waals surface area contributed by atoms with Crippen LogP contribution in [-0.2, 0) is 0 Å². The number of rotatable bonds is 6. The fourth-order valence-electron chi connectivity index (χ4n) is 2.10. The number of hydrogen-bond acceptors (Lipinski definition) is 4. The van der Waals surface area contributed by atoms with Crippen molar-refractivity contribution >= 4 is 5.91 Å². The van der Waals surface area contributed by atoms with Gasteiger partial charge in [-0.1, -0.05) is 0 Å². The van der Waals surface area contributed by atoms with Crippen LogP contribution in [0.3, 0.4) is 0 Å². The van der Waals surface area contributed by atoms with E-state index >= 15 is 0 Å². The highest BCUT2D eigenvalue weighted by atomic mass is 16.5. The summed E-state index contributed by atoms with van der Waals surface area (Å²) in [6.45, 7) is 0.467. The molecule has 19 heavy (non-hydrogen) atoms. The monoisotopic (exact) mass is 264 g/mol. The third kappa shape index (κ3) is 3.17. The van der Waals surface area contributed by atoms with Gasteiger partial charge < -0.3 is 20.5 Å². The van der Waals surface area contributed by atoms with Gasteiger partial charge in [0.25, 0.3) is 5.91 Å². The summed E-state index contributed by atoms with van der Waals surface area (Å²) in [6, 6.07) is 5.20. The van der Waals surface area contributed by atoms with Gasteiger partial charge >= 0.3 is 0 Å². The predicted molar refractivity (Wildman–Crippen MR) is 72.6 cm³/mol. The van der Waals surface area contributed by atoms with Gasteiger partial charge in [-0.15, -0.1) is 0 Å². The molecule has 104 valence electrons. The van der Waals surface area contributed by atoms with E-state index in [0.717, 1.165) is 12.8 Å². The second kappa shape index (κ2) is 5.93. The van der Waals surface area contributed by atoms with E-state index in [0.29, 0.717) is 29.5 Å². The number of carbonyl (C=O) groups excluding carboxylic acids is 1. The molecule has 3 N–H and O–H groups in total. The zero-order valence-corrected chi connectivity index (χ0v) is 11.3. The SMILES string of the molecule is COc1ccc(C(=O)NC(CN)C2CC2)c(OC)c1. The summed E-state index contributed by atoms with van der Waals surface area (Å²) >= 11 is 0. The minimum atomic E-state index is -0.151. The minimum Gasteiger partial charge on any atom is -0.497 e. The molecule has 5 nitrogen and oxygen atoms in total. The van der Waals surface area contributed by atoms with Crippen molar-refractivity contribution in [1.82, 2.24) is 5.32 Å². The number of methoxy groups -OCH3 is 2. The second-order valence-electron chi connectivity index (χ2n) is 4.72. The largest absolute Gasteiger partial charge is 0.497 e. The highest BCUT2D eigenvalue weighted by molar-refractivity contribution is 5.97. The number of benzene rings is 1. The van der Waals surface area contributed by atoms with Crippen LogP contribution in [0.25, 0.3) is 0 Å². The first kappa shape index (κ1) is 13.7. The van der Waals surface area contributed by atoms with Crippen LogP contribution in [0.2, 0.25) is 0 Å². The third-order valence-electron chi connectivity index (χ3n) is 3.41. The maximum Gasteiger partial charge on any atom is 0.255 e. The summed E-state index contributed by atoms with van der Waals surface area (Å²) in [4.78, 5) is 12.2. The van der Waals surface area contributed by atoms with Crippen molar-refractivity contribution < 1.29 is 14.3 Å². The molecule has 1 saturated carbocycles. The number of nitrogens with two attached hydrogens (primary N) is 1. The highest BCUT2D eigenvalue weighted by Gasteiger charge is 2.31. The average molecular weight is 264 g/mol. The zero-order chi connectivity index (χ0) is 13.8. The Morgan fingerprint density at radius 1 is 1.42 bits per heavy atom. The van der Waals surface area contributed by atoms with Crippen molar-refractivity contribution in [1.29, 1.82) is 0 Å². The summed E-state index contributed by atoms with van der Waals surface area (Å²) in [5, 5.41) is 2.97. The molecule has 1 fully saturated rings. The van der Waals surface area contributed by atoms with Gasteiger partial charge in [0.15, 0.2) is 0 Å². The first-order valence-electron chi connectivity index (χ1n) is 6.42. The Hall–Kier alpha value is -1.75. The van der Waals surface area contributed by atoms with Crippen LogP contribution in [-0.4, -0.2) is 32.7 Å². The Labute approximate surface area is 113 Å². The molecule has 0 radical (unpaired) electrons. The Balaban J connectivity index is 2.13. The maximum absolute atomic E-state index is 12.2. The molecule has 1 aliphatic rings. The van der Waals surface area contributed by atoms with E-state index in [1.54, 1.807) is 25.3 Å². The molecule has 1 amide bonds. The Bertz CT molecular complexity index is 458. The molecular weight excluding hydrogens is 244 g/mol. The Morgan fingerprint density at radius 3 is 2.68 bits per heavy atom. The fraction of sp³-hybridized carbons (Fsp3) is 0.500. The summed E-state index contributed by atoms with van der Waals surface area (Å²) < 4.78 is 10.3. The van der Waals surface area contributed by atoms with Crippen molar-refractivity contribution in [3.63, 3.8) is 0 Å². The molecular formula is C14H20N2O3. The van der Waals surface area contributed by atoms with E-state index in [1.165, 1.54) is 7.11 Å². The summed E-state index contributed by atoms with van der Waals surface area (Å²) in [6.07, 6.45) is 2.28. The van der Waals surface area contributed by atoms with Crippen LogP contribution in [0.5, 0.6) is 11.5 Å². The topological polar surface area (TPSA) is 73.6 Å². The summed E-state index contributed by atoms with van der Waals surface area (Å²) in [5.41, 5.74) is 6.19. The molecule has 5 heteroatoms.